The van der Waals surface area contributed by atoms with E-state index in [0.717, 1.165) is 27.4 Å². The molecule has 0 heterocycles. The highest BCUT2D eigenvalue weighted by molar-refractivity contribution is 6.32. The number of nitrogens with zero attached hydrogens (tertiary/aromatic N) is 1. The third kappa shape index (κ3) is 2.07. The molecule has 0 spiro atoms. The van der Waals surface area contributed by atoms with Crippen molar-refractivity contribution in [3.05, 3.63) is 27.8 Å². The monoisotopic (exact) mass is 210 g/mol. The summed E-state index contributed by atoms with van der Waals surface area (Å²) in [7, 11) is 0. The van der Waals surface area contributed by atoms with Crippen molar-refractivity contribution >= 4 is 23.1 Å². The molecule has 0 saturated heterocycles. The van der Waals surface area contributed by atoms with Crippen LogP contribution >= 0.6 is 11.6 Å². The van der Waals surface area contributed by atoms with Crippen LogP contribution in [-0.2, 0) is 0 Å². The first kappa shape index (κ1) is 11.1. The van der Waals surface area contributed by atoms with Gasteiger partial charge in [0.1, 0.15) is 0 Å². The Bertz CT molecular complexity index is 391. The molecular weight excluding hydrogens is 196 g/mol. The van der Waals surface area contributed by atoms with E-state index in [9.17, 15) is 0 Å². The van der Waals surface area contributed by atoms with Crippen molar-refractivity contribution < 1.29 is 0 Å². The van der Waals surface area contributed by atoms with Gasteiger partial charge in [0.2, 0.25) is 0 Å². The molecule has 0 saturated carbocycles. The normalized spacial score (nSPS) is 11.9. The number of hydrogen-bond acceptors (Lipinski definition) is 1. The molecular formula is C11H15ClN2. The van der Waals surface area contributed by atoms with Gasteiger partial charge in [-0.2, -0.15) is 0 Å². The standard InChI is InChI=1S/C11H15ClN2/c1-6-5-10(14-9(4)13)7(2)8(3)11(6)12/h5H,1-4H3,(H2,13,14). The van der Waals surface area contributed by atoms with Gasteiger partial charge in [-0.3, -0.25) is 0 Å². The molecule has 1 aromatic carbocycles. The van der Waals surface area contributed by atoms with E-state index in [1.807, 2.05) is 26.8 Å². The van der Waals surface area contributed by atoms with Crippen LogP contribution in [-0.4, -0.2) is 5.84 Å². The van der Waals surface area contributed by atoms with Crippen LogP contribution in [0.5, 0.6) is 0 Å². The molecule has 1 aromatic rings. The lowest BCUT2D eigenvalue weighted by Gasteiger charge is -2.09. The molecule has 0 fully saturated rings. The Labute approximate surface area is 89.8 Å². The second kappa shape index (κ2) is 4.01. The molecule has 0 atom stereocenters. The number of halogens is 1. The fraction of sp³-hybridized carbons (Fsp3) is 0.364. The van der Waals surface area contributed by atoms with Crippen molar-refractivity contribution in [2.45, 2.75) is 27.7 Å². The molecule has 0 aromatic heterocycles. The highest BCUT2D eigenvalue weighted by Crippen LogP contribution is 2.30. The number of nitrogens with two attached hydrogens (primary N) is 1. The minimum atomic E-state index is 0.564. The minimum absolute atomic E-state index is 0.564. The van der Waals surface area contributed by atoms with E-state index in [1.54, 1.807) is 6.92 Å². The summed E-state index contributed by atoms with van der Waals surface area (Å²) in [5, 5.41) is 0.816. The minimum Gasteiger partial charge on any atom is -0.387 e. The van der Waals surface area contributed by atoms with Crippen molar-refractivity contribution in [3.8, 4) is 0 Å². The fourth-order valence-electron chi connectivity index (χ4n) is 1.34. The maximum Gasteiger partial charge on any atom is 0.0965 e. The second-order valence-electron chi connectivity index (χ2n) is 3.53. The summed E-state index contributed by atoms with van der Waals surface area (Å²) in [5.41, 5.74) is 9.66. The largest absolute Gasteiger partial charge is 0.387 e. The summed E-state index contributed by atoms with van der Waals surface area (Å²) in [6.45, 7) is 7.75. The summed E-state index contributed by atoms with van der Waals surface area (Å²) >= 11 is 6.11. The van der Waals surface area contributed by atoms with Gasteiger partial charge in [0.15, 0.2) is 0 Å². The van der Waals surface area contributed by atoms with E-state index < -0.39 is 0 Å². The van der Waals surface area contributed by atoms with Crippen LogP contribution in [0.1, 0.15) is 23.6 Å². The molecule has 0 aliphatic heterocycles. The summed E-state index contributed by atoms with van der Waals surface area (Å²) < 4.78 is 0. The van der Waals surface area contributed by atoms with E-state index in [1.165, 1.54) is 0 Å². The molecule has 3 heteroatoms. The van der Waals surface area contributed by atoms with Crippen LogP contribution in [0.25, 0.3) is 0 Å². The van der Waals surface area contributed by atoms with Crippen LogP contribution in [0.3, 0.4) is 0 Å². The second-order valence-corrected chi connectivity index (χ2v) is 3.91. The van der Waals surface area contributed by atoms with Crippen LogP contribution < -0.4 is 5.73 Å². The number of aryl methyl sites for hydroxylation is 1. The summed E-state index contributed by atoms with van der Waals surface area (Å²) in [4.78, 5) is 4.26. The Morgan fingerprint density at radius 2 is 1.86 bits per heavy atom. The van der Waals surface area contributed by atoms with Gasteiger partial charge in [0.25, 0.3) is 0 Å². The van der Waals surface area contributed by atoms with Gasteiger partial charge in [-0.15, -0.1) is 0 Å². The van der Waals surface area contributed by atoms with Crippen LogP contribution in [0, 0.1) is 20.8 Å². The average molecular weight is 211 g/mol. The van der Waals surface area contributed by atoms with E-state index >= 15 is 0 Å². The maximum absolute atomic E-state index is 6.11. The number of rotatable bonds is 1. The van der Waals surface area contributed by atoms with E-state index in [4.69, 9.17) is 17.3 Å². The lowest BCUT2D eigenvalue weighted by Crippen LogP contribution is -2.04. The van der Waals surface area contributed by atoms with Gasteiger partial charge in [0.05, 0.1) is 11.5 Å². The van der Waals surface area contributed by atoms with Crippen LogP contribution in [0.15, 0.2) is 11.1 Å². The molecule has 14 heavy (non-hydrogen) atoms. The lowest BCUT2D eigenvalue weighted by atomic mass is 10.0. The number of hydrogen-bond donors (Lipinski definition) is 1. The summed E-state index contributed by atoms with van der Waals surface area (Å²) in [6, 6.07) is 1.96. The first-order valence-electron chi connectivity index (χ1n) is 4.50. The quantitative estimate of drug-likeness (QED) is 0.561. The number of aliphatic imine (C=N–C) groups is 1. The third-order valence-corrected chi connectivity index (χ3v) is 2.85. The van der Waals surface area contributed by atoms with Gasteiger partial charge in [-0.25, -0.2) is 4.99 Å². The zero-order chi connectivity index (χ0) is 10.9. The summed E-state index contributed by atoms with van der Waals surface area (Å²) in [6.07, 6.45) is 0. The Morgan fingerprint density at radius 3 is 2.36 bits per heavy atom. The van der Waals surface area contributed by atoms with E-state index in [-0.39, 0.29) is 0 Å². The Morgan fingerprint density at radius 1 is 1.29 bits per heavy atom. The molecule has 1 rings (SSSR count). The predicted molar refractivity (Wildman–Crippen MR) is 62.6 cm³/mol. The Hall–Kier alpha value is -1.02. The molecule has 0 radical (unpaired) electrons. The Balaban J connectivity index is 3.41. The first-order valence-corrected chi connectivity index (χ1v) is 4.88. The molecule has 0 unspecified atom stereocenters. The third-order valence-electron chi connectivity index (χ3n) is 2.27. The number of benzene rings is 1. The van der Waals surface area contributed by atoms with Crippen LogP contribution in [0.2, 0.25) is 5.02 Å². The zero-order valence-corrected chi connectivity index (χ0v) is 9.74. The molecule has 2 N–H and O–H groups in total. The van der Waals surface area contributed by atoms with E-state index in [2.05, 4.69) is 4.99 Å². The molecule has 0 aliphatic carbocycles. The van der Waals surface area contributed by atoms with Crippen molar-refractivity contribution in [3.63, 3.8) is 0 Å². The molecule has 2 nitrogen and oxygen atoms in total. The fourth-order valence-corrected chi connectivity index (χ4v) is 1.53. The smallest absolute Gasteiger partial charge is 0.0965 e. The first-order chi connectivity index (χ1) is 6.43. The lowest BCUT2D eigenvalue weighted by molar-refractivity contribution is 1.27. The predicted octanol–water partition coefficient (Wildman–Crippen LogP) is 3.27. The topological polar surface area (TPSA) is 38.4 Å². The maximum atomic E-state index is 6.11. The summed E-state index contributed by atoms with van der Waals surface area (Å²) in [5.74, 6) is 0.564. The molecule has 0 amide bonds. The average Bonchev–Trinajstić information content (AvgIpc) is 2.10. The van der Waals surface area contributed by atoms with Gasteiger partial charge < -0.3 is 5.73 Å². The SMILES string of the molecule is CC(N)=Nc1cc(C)c(Cl)c(C)c1C. The van der Waals surface area contributed by atoms with Crippen molar-refractivity contribution in [1.82, 2.24) is 0 Å². The zero-order valence-electron chi connectivity index (χ0n) is 8.98. The van der Waals surface area contributed by atoms with Gasteiger partial charge in [-0.05, 0) is 50.5 Å². The van der Waals surface area contributed by atoms with Crippen LogP contribution in [0.4, 0.5) is 5.69 Å². The van der Waals surface area contributed by atoms with Crippen molar-refractivity contribution in [2.24, 2.45) is 10.7 Å². The highest BCUT2D eigenvalue weighted by Gasteiger charge is 2.07. The van der Waals surface area contributed by atoms with Gasteiger partial charge in [0, 0.05) is 5.02 Å². The van der Waals surface area contributed by atoms with Gasteiger partial charge in [-0.1, -0.05) is 11.6 Å². The molecule has 0 bridgehead atoms. The molecule has 0 aliphatic rings. The number of amidine groups is 1. The highest BCUT2D eigenvalue weighted by atomic mass is 35.5. The Kier molecular flexibility index (Phi) is 3.17. The van der Waals surface area contributed by atoms with E-state index in [0.29, 0.717) is 5.84 Å². The van der Waals surface area contributed by atoms with Crippen molar-refractivity contribution in [1.29, 1.82) is 0 Å². The van der Waals surface area contributed by atoms with Crippen molar-refractivity contribution in [2.75, 3.05) is 0 Å². The van der Waals surface area contributed by atoms with Gasteiger partial charge >= 0.3 is 0 Å². The molecule has 76 valence electrons.